The highest BCUT2D eigenvalue weighted by atomic mass is 79.9. The molecule has 2 aromatic carbocycles. The summed E-state index contributed by atoms with van der Waals surface area (Å²) in [6.07, 6.45) is 0.877. The number of rotatable bonds is 5. The summed E-state index contributed by atoms with van der Waals surface area (Å²) in [7, 11) is 1.68. The first-order chi connectivity index (χ1) is 9.74. The summed E-state index contributed by atoms with van der Waals surface area (Å²) in [6.45, 7) is 0.804. The molecule has 102 valence electrons. The highest BCUT2D eigenvalue weighted by Gasteiger charge is 2.03. The minimum absolute atomic E-state index is 0.639. The minimum Gasteiger partial charge on any atom is -0.496 e. The van der Waals surface area contributed by atoms with Gasteiger partial charge in [0.25, 0.3) is 0 Å². The van der Waals surface area contributed by atoms with Crippen molar-refractivity contribution in [3.05, 3.63) is 58.1 Å². The molecule has 0 saturated heterocycles. The van der Waals surface area contributed by atoms with Crippen LogP contribution in [-0.4, -0.2) is 13.7 Å². The Morgan fingerprint density at radius 2 is 2.05 bits per heavy atom. The Labute approximate surface area is 127 Å². The molecule has 3 nitrogen and oxygen atoms in total. The molecule has 0 aliphatic carbocycles. The fraction of sp³-hybridized carbons (Fsp3) is 0.188. The van der Waals surface area contributed by atoms with Crippen LogP contribution in [0.15, 0.2) is 46.9 Å². The maximum absolute atomic E-state index is 8.88. The van der Waals surface area contributed by atoms with Crippen molar-refractivity contribution < 1.29 is 4.74 Å². The number of halogens is 1. The number of hydrogen-bond acceptors (Lipinski definition) is 3. The maximum Gasteiger partial charge on any atom is 0.122 e. The second-order valence-electron chi connectivity index (χ2n) is 4.30. The minimum atomic E-state index is 0.639. The van der Waals surface area contributed by atoms with Gasteiger partial charge in [0.05, 0.1) is 12.7 Å². The van der Waals surface area contributed by atoms with Crippen LogP contribution in [-0.2, 0) is 6.42 Å². The van der Waals surface area contributed by atoms with Gasteiger partial charge in [-0.15, -0.1) is 0 Å². The first-order valence-electron chi connectivity index (χ1n) is 6.30. The molecular formula is C16H15BrN2O. The van der Waals surface area contributed by atoms with E-state index < -0.39 is 0 Å². The van der Waals surface area contributed by atoms with Crippen LogP contribution in [0.25, 0.3) is 0 Å². The van der Waals surface area contributed by atoms with Gasteiger partial charge in [0, 0.05) is 16.7 Å². The van der Waals surface area contributed by atoms with Gasteiger partial charge in [0.15, 0.2) is 0 Å². The smallest absolute Gasteiger partial charge is 0.122 e. The first-order valence-corrected chi connectivity index (χ1v) is 7.09. The lowest BCUT2D eigenvalue weighted by Crippen LogP contribution is -2.06. The Hall–Kier alpha value is -1.99. The third-order valence-corrected chi connectivity index (χ3v) is 3.66. The normalized spacial score (nSPS) is 9.85. The Morgan fingerprint density at radius 1 is 1.25 bits per heavy atom. The van der Waals surface area contributed by atoms with Gasteiger partial charge in [0.2, 0.25) is 0 Å². The Morgan fingerprint density at radius 3 is 2.75 bits per heavy atom. The summed E-state index contributed by atoms with van der Waals surface area (Å²) >= 11 is 3.38. The summed E-state index contributed by atoms with van der Waals surface area (Å²) in [5, 5.41) is 12.2. The van der Waals surface area contributed by atoms with E-state index in [0.717, 1.165) is 28.9 Å². The average Bonchev–Trinajstić information content (AvgIpc) is 2.48. The predicted molar refractivity (Wildman–Crippen MR) is 84.0 cm³/mol. The number of hydrogen-bond donors (Lipinski definition) is 1. The zero-order valence-electron chi connectivity index (χ0n) is 11.2. The second-order valence-corrected chi connectivity index (χ2v) is 5.15. The van der Waals surface area contributed by atoms with Gasteiger partial charge in [0.1, 0.15) is 11.8 Å². The molecule has 0 aromatic heterocycles. The molecule has 0 bridgehead atoms. The van der Waals surface area contributed by atoms with E-state index in [-0.39, 0.29) is 0 Å². The third kappa shape index (κ3) is 3.52. The van der Waals surface area contributed by atoms with Crippen molar-refractivity contribution in [3.8, 4) is 11.8 Å². The monoisotopic (exact) mass is 330 g/mol. The van der Waals surface area contributed by atoms with Crippen LogP contribution in [0.4, 0.5) is 5.69 Å². The summed E-state index contributed by atoms with van der Waals surface area (Å²) < 4.78 is 6.13. The Bertz CT molecular complexity index is 635. The molecule has 0 saturated carbocycles. The second kappa shape index (κ2) is 6.97. The van der Waals surface area contributed by atoms with Gasteiger partial charge >= 0.3 is 0 Å². The summed E-state index contributed by atoms with van der Waals surface area (Å²) in [4.78, 5) is 0. The fourth-order valence-corrected chi connectivity index (χ4v) is 2.43. The Balaban J connectivity index is 1.96. The van der Waals surface area contributed by atoms with Crippen LogP contribution in [0.3, 0.4) is 0 Å². The lowest BCUT2D eigenvalue weighted by Gasteiger charge is -2.10. The van der Waals surface area contributed by atoms with E-state index in [0.29, 0.717) is 5.56 Å². The molecule has 0 radical (unpaired) electrons. The number of benzene rings is 2. The highest BCUT2D eigenvalue weighted by Crippen LogP contribution is 2.21. The lowest BCUT2D eigenvalue weighted by atomic mass is 10.1. The molecule has 20 heavy (non-hydrogen) atoms. The molecule has 2 rings (SSSR count). The number of anilines is 1. The van der Waals surface area contributed by atoms with E-state index in [1.165, 1.54) is 5.56 Å². The molecule has 0 aliphatic heterocycles. The molecule has 4 heteroatoms. The van der Waals surface area contributed by atoms with Gasteiger partial charge in [-0.3, -0.25) is 0 Å². The van der Waals surface area contributed by atoms with Crippen molar-refractivity contribution in [1.82, 2.24) is 0 Å². The standard InChI is InChI=1S/C16H15BrN2O/c1-20-16-5-3-2-4-12(16)8-9-19-14-7-6-13(11-18)15(17)10-14/h2-7,10,19H,8-9H2,1H3. The summed E-state index contributed by atoms with van der Waals surface area (Å²) in [6, 6.07) is 15.8. The van der Waals surface area contributed by atoms with Gasteiger partial charge in [-0.1, -0.05) is 18.2 Å². The summed E-state index contributed by atoms with van der Waals surface area (Å²) in [5.41, 5.74) is 2.81. The zero-order chi connectivity index (χ0) is 14.4. The number of ether oxygens (including phenoxy) is 1. The van der Waals surface area contributed by atoms with Crippen molar-refractivity contribution in [2.24, 2.45) is 0 Å². The van der Waals surface area contributed by atoms with Crippen molar-refractivity contribution in [2.75, 3.05) is 19.0 Å². The third-order valence-electron chi connectivity index (χ3n) is 3.01. The largest absolute Gasteiger partial charge is 0.496 e. The molecule has 0 heterocycles. The van der Waals surface area contributed by atoms with E-state index in [1.54, 1.807) is 13.2 Å². The van der Waals surface area contributed by atoms with Crippen LogP contribution in [0.1, 0.15) is 11.1 Å². The van der Waals surface area contributed by atoms with E-state index >= 15 is 0 Å². The number of methoxy groups -OCH3 is 1. The molecular weight excluding hydrogens is 316 g/mol. The van der Waals surface area contributed by atoms with Gasteiger partial charge in [-0.2, -0.15) is 5.26 Å². The predicted octanol–water partition coefficient (Wildman–Crippen LogP) is 3.98. The van der Waals surface area contributed by atoms with E-state index in [2.05, 4.69) is 33.4 Å². The van der Waals surface area contributed by atoms with Crippen LogP contribution < -0.4 is 10.1 Å². The van der Waals surface area contributed by atoms with E-state index in [9.17, 15) is 0 Å². The number of para-hydroxylation sites is 1. The van der Waals surface area contributed by atoms with Crippen molar-refractivity contribution >= 4 is 21.6 Å². The number of nitriles is 1. The maximum atomic E-state index is 8.88. The lowest BCUT2D eigenvalue weighted by molar-refractivity contribution is 0.410. The first kappa shape index (κ1) is 14.4. The SMILES string of the molecule is COc1ccccc1CCNc1ccc(C#N)c(Br)c1. The van der Waals surface area contributed by atoms with Crippen LogP contribution in [0.5, 0.6) is 5.75 Å². The molecule has 0 amide bonds. The Kier molecular flexibility index (Phi) is 5.03. The van der Waals surface area contributed by atoms with Crippen LogP contribution in [0.2, 0.25) is 0 Å². The molecule has 0 fully saturated rings. The van der Waals surface area contributed by atoms with E-state index in [1.807, 2.05) is 30.3 Å². The molecule has 0 spiro atoms. The van der Waals surface area contributed by atoms with Gasteiger partial charge in [-0.25, -0.2) is 0 Å². The molecule has 0 atom stereocenters. The quantitative estimate of drug-likeness (QED) is 0.901. The number of nitrogens with one attached hydrogen (secondary N) is 1. The molecule has 1 N–H and O–H groups in total. The molecule has 0 unspecified atom stereocenters. The zero-order valence-corrected chi connectivity index (χ0v) is 12.8. The van der Waals surface area contributed by atoms with Crippen LogP contribution in [0, 0.1) is 11.3 Å². The van der Waals surface area contributed by atoms with Crippen LogP contribution >= 0.6 is 15.9 Å². The van der Waals surface area contributed by atoms with Gasteiger partial charge < -0.3 is 10.1 Å². The number of nitrogens with zero attached hydrogens (tertiary/aromatic N) is 1. The molecule has 2 aromatic rings. The summed E-state index contributed by atoms with van der Waals surface area (Å²) in [5.74, 6) is 0.912. The van der Waals surface area contributed by atoms with Crippen molar-refractivity contribution in [3.63, 3.8) is 0 Å². The fourth-order valence-electron chi connectivity index (χ4n) is 1.97. The van der Waals surface area contributed by atoms with E-state index in [4.69, 9.17) is 10.00 Å². The van der Waals surface area contributed by atoms with Crippen molar-refractivity contribution in [2.45, 2.75) is 6.42 Å². The van der Waals surface area contributed by atoms with Gasteiger partial charge in [-0.05, 0) is 52.2 Å². The molecule has 0 aliphatic rings. The highest BCUT2D eigenvalue weighted by molar-refractivity contribution is 9.10. The average molecular weight is 331 g/mol. The topological polar surface area (TPSA) is 45.0 Å². The van der Waals surface area contributed by atoms with Crippen molar-refractivity contribution in [1.29, 1.82) is 5.26 Å².